The third-order valence-corrected chi connectivity index (χ3v) is 3.50. The molecule has 0 saturated heterocycles. The summed E-state index contributed by atoms with van der Waals surface area (Å²) in [5.74, 6) is 0. The van der Waals surface area contributed by atoms with Gasteiger partial charge in [0, 0.05) is 6.04 Å². The van der Waals surface area contributed by atoms with Crippen molar-refractivity contribution in [2.24, 2.45) is 16.9 Å². The first-order chi connectivity index (χ1) is 8.04. The van der Waals surface area contributed by atoms with Gasteiger partial charge in [-0.05, 0) is 34.4 Å². The predicted molar refractivity (Wildman–Crippen MR) is 73.7 cm³/mol. The van der Waals surface area contributed by atoms with E-state index in [-0.39, 0.29) is 11.5 Å². The summed E-state index contributed by atoms with van der Waals surface area (Å²) < 4.78 is 0. The molecule has 4 N–H and O–H groups in total. The molecule has 0 aliphatic carbocycles. The molecule has 0 bridgehead atoms. The summed E-state index contributed by atoms with van der Waals surface area (Å²) in [6, 6.07) is 14.7. The highest BCUT2D eigenvalue weighted by Crippen LogP contribution is 2.31. The molecule has 1 unspecified atom stereocenters. The topological polar surface area (TPSA) is 52.0 Å². The minimum Gasteiger partial charge on any atom is -0.330 e. The van der Waals surface area contributed by atoms with Crippen molar-refractivity contribution in [1.82, 2.24) is 0 Å². The van der Waals surface area contributed by atoms with E-state index in [4.69, 9.17) is 11.5 Å². The van der Waals surface area contributed by atoms with Gasteiger partial charge in [-0.2, -0.15) is 0 Å². The average Bonchev–Trinajstić information content (AvgIpc) is 2.37. The Morgan fingerprint density at radius 1 is 1.06 bits per heavy atom. The van der Waals surface area contributed by atoms with Gasteiger partial charge in [-0.1, -0.05) is 50.2 Å². The van der Waals surface area contributed by atoms with Crippen LogP contribution in [0, 0.1) is 5.41 Å². The second-order valence-corrected chi connectivity index (χ2v) is 5.28. The van der Waals surface area contributed by atoms with Crippen LogP contribution in [-0.4, -0.2) is 6.54 Å². The maximum atomic E-state index is 6.29. The van der Waals surface area contributed by atoms with Gasteiger partial charge < -0.3 is 11.5 Å². The normalized spacial score (nSPS) is 13.9. The Balaban J connectivity index is 2.43. The van der Waals surface area contributed by atoms with Gasteiger partial charge >= 0.3 is 0 Å². The molecule has 0 saturated carbocycles. The molecule has 90 valence electrons. The Bertz CT molecular complexity index is 517. The van der Waals surface area contributed by atoms with Crippen molar-refractivity contribution in [1.29, 1.82) is 0 Å². The number of hydrogen-bond acceptors (Lipinski definition) is 2. The van der Waals surface area contributed by atoms with Crippen molar-refractivity contribution < 1.29 is 0 Å². The van der Waals surface area contributed by atoms with Crippen molar-refractivity contribution in [2.45, 2.75) is 19.9 Å². The quantitative estimate of drug-likeness (QED) is 0.848. The summed E-state index contributed by atoms with van der Waals surface area (Å²) in [5.41, 5.74) is 13.1. The molecule has 2 rings (SSSR count). The average molecular weight is 228 g/mol. The predicted octanol–water partition coefficient (Wildman–Crippen LogP) is 2.82. The van der Waals surface area contributed by atoms with E-state index >= 15 is 0 Å². The maximum absolute atomic E-state index is 6.29. The first-order valence-corrected chi connectivity index (χ1v) is 5.99. The maximum Gasteiger partial charge on any atom is 0.0359 e. The highest BCUT2D eigenvalue weighted by atomic mass is 14.7. The fourth-order valence-corrected chi connectivity index (χ4v) is 1.98. The largest absolute Gasteiger partial charge is 0.330 e. The van der Waals surface area contributed by atoms with Gasteiger partial charge in [0.05, 0.1) is 0 Å². The van der Waals surface area contributed by atoms with E-state index in [1.54, 1.807) is 0 Å². The molecule has 0 aliphatic heterocycles. The van der Waals surface area contributed by atoms with Gasteiger partial charge in [0.2, 0.25) is 0 Å². The number of benzene rings is 2. The zero-order valence-corrected chi connectivity index (χ0v) is 10.5. The van der Waals surface area contributed by atoms with Crippen LogP contribution in [-0.2, 0) is 0 Å². The van der Waals surface area contributed by atoms with Crippen LogP contribution < -0.4 is 11.5 Å². The van der Waals surface area contributed by atoms with Crippen molar-refractivity contribution >= 4 is 10.8 Å². The van der Waals surface area contributed by atoms with Gasteiger partial charge in [0.25, 0.3) is 0 Å². The molecule has 2 aromatic rings. The second kappa shape index (κ2) is 4.47. The summed E-state index contributed by atoms with van der Waals surface area (Å²) in [6.07, 6.45) is 0. The van der Waals surface area contributed by atoms with Crippen LogP contribution in [0.5, 0.6) is 0 Å². The van der Waals surface area contributed by atoms with Crippen molar-refractivity contribution in [3.05, 3.63) is 48.0 Å². The molecule has 0 radical (unpaired) electrons. The summed E-state index contributed by atoms with van der Waals surface area (Å²) in [6.45, 7) is 4.79. The van der Waals surface area contributed by atoms with Gasteiger partial charge in [0.1, 0.15) is 0 Å². The fourth-order valence-electron chi connectivity index (χ4n) is 1.98. The van der Waals surface area contributed by atoms with Crippen LogP contribution in [0.1, 0.15) is 25.5 Å². The Hall–Kier alpha value is -1.38. The van der Waals surface area contributed by atoms with Crippen molar-refractivity contribution in [3.8, 4) is 0 Å². The molecule has 1 atom stereocenters. The smallest absolute Gasteiger partial charge is 0.0359 e. The fraction of sp³-hybridized carbons (Fsp3) is 0.333. The third-order valence-electron chi connectivity index (χ3n) is 3.50. The summed E-state index contributed by atoms with van der Waals surface area (Å²) in [7, 11) is 0. The van der Waals surface area contributed by atoms with Gasteiger partial charge in [0.15, 0.2) is 0 Å². The van der Waals surface area contributed by atoms with Crippen LogP contribution in [0.15, 0.2) is 42.5 Å². The van der Waals surface area contributed by atoms with Crippen LogP contribution in [0.4, 0.5) is 0 Å². The van der Waals surface area contributed by atoms with E-state index in [0.29, 0.717) is 6.54 Å². The summed E-state index contributed by atoms with van der Waals surface area (Å²) >= 11 is 0. The Morgan fingerprint density at radius 3 is 2.35 bits per heavy atom. The molecule has 17 heavy (non-hydrogen) atoms. The van der Waals surface area contributed by atoms with E-state index in [1.807, 2.05) is 12.1 Å². The minimum atomic E-state index is -0.0809. The lowest BCUT2D eigenvalue weighted by molar-refractivity contribution is 0.301. The molecule has 0 amide bonds. The minimum absolute atomic E-state index is 0.0305. The SMILES string of the molecule is CC(C)(CN)C(N)c1ccc2ccccc2c1. The van der Waals surface area contributed by atoms with Gasteiger partial charge in [-0.15, -0.1) is 0 Å². The Labute approximate surface area is 103 Å². The molecule has 0 aromatic heterocycles. The zero-order chi connectivity index (χ0) is 12.5. The van der Waals surface area contributed by atoms with Crippen LogP contribution in [0.3, 0.4) is 0 Å². The van der Waals surface area contributed by atoms with E-state index in [0.717, 1.165) is 5.56 Å². The standard InChI is InChI=1S/C15H20N2/c1-15(2,10-16)14(17)13-8-7-11-5-3-4-6-12(11)9-13/h3-9,14H,10,16-17H2,1-2H3. The highest BCUT2D eigenvalue weighted by molar-refractivity contribution is 5.83. The molecule has 0 fully saturated rings. The Kier molecular flexibility index (Phi) is 3.18. The summed E-state index contributed by atoms with van der Waals surface area (Å²) in [5, 5.41) is 2.47. The number of nitrogens with two attached hydrogens (primary N) is 2. The second-order valence-electron chi connectivity index (χ2n) is 5.28. The Morgan fingerprint density at radius 2 is 1.71 bits per heavy atom. The van der Waals surface area contributed by atoms with Crippen LogP contribution in [0.25, 0.3) is 10.8 Å². The molecule has 0 aliphatic rings. The monoisotopic (exact) mass is 228 g/mol. The molecule has 2 heteroatoms. The van der Waals surface area contributed by atoms with Gasteiger partial charge in [-0.25, -0.2) is 0 Å². The molecular formula is C15H20N2. The first-order valence-electron chi connectivity index (χ1n) is 5.99. The van der Waals surface area contributed by atoms with Crippen molar-refractivity contribution in [3.63, 3.8) is 0 Å². The molecular weight excluding hydrogens is 208 g/mol. The van der Waals surface area contributed by atoms with E-state index in [2.05, 4.69) is 44.2 Å². The van der Waals surface area contributed by atoms with Crippen molar-refractivity contribution in [2.75, 3.05) is 6.54 Å². The van der Waals surface area contributed by atoms with E-state index in [1.165, 1.54) is 10.8 Å². The van der Waals surface area contributed by atoms with Gasteiger partial charge in [-0.3, -0.25) is 0 Å². The number of fused-ring (bicyclic) bond motifs is 1. The lowest BCUT2D eigenvalue weighted by atomic mass is 9.81. The lowest BCUT2D eigenvalue weighted by Crippen LogP contribution is -2.35. The highest BCUT2D eigenvalue weighted by Gasteiger charge is 2.26. The molecule has 0 spiro atoms. The molecule has 2 aromatic carbocycles. The van der Waals surface area contributed by atoms with Crippen LogP contribution >= 0.6 is 0 Å². The van der Waals surface area contributed by atoms with Crippen LogP contribution in [0.2, 0.25) is 0 Å². The number of rotatable bonds is 3. The van der Waals surface area contributed by atoms with E-state index < -0.39 is 0 Å². The lowest BCUT2D eigenvalue weighted by Gasteiger charge is -2.30. The molecule has 0 heterocycles. The number of hydrogen-bond donors (Lipinski definition) is 2. The zero-order valence-electron chi connectivity index (χ0n) is 10.5. The van der Waals surface area contributed by atoms with E-state index in [9.17, 15) is 0 Å². The third kappa shape index (κ3) is 2.33. The molecule has 2 nitrogen and oxygen atoms in total. The first kappa shape index (κ1) is 12.1. The summed E-state index contributed by atoms with van der Waals surface area (Å²) in [4.78, 5) is 0.